The van der Waals surface area contributed by atoms with Crippen LogP contribution >= 0.6 is 11.6 Å². The summed E-state index contributed by atoms with van der Waals surface area (Å²) in [6, 6.07) is 1.26. The molecule has 88 valence electrons. The van der Waals surface area contributed by atoms with Crippen molar-refractivity contribution < 1.29 is 23.8 Å². The molecule has 1 aromatic rings. The SMILES string of the molecule is COc1cc(CC(=O)O)c(F)c(Cl)c1OC. The third-order valence-corrected chi connectivity index (χ3v) is 2.31. The van der Waals surface area contributed by atoms with E-state index in [-0.39, 0.29) is 22.1 Å². The summed E-state index contributed by atoms with van der Waals surface area (Å²) in [6.45, 7) is 0. The molecule has 0 saturated carbocycles. The Morgan fingerprint density at radius 2 is 2.12 bits per heavy atom. The Hall–Kier alpha value is -1.49. The quantitative estimate of drug-likeness (QED) is 0.887. The Morgan fingerprint density at radius 3 is 2.56 bits per heavy atom. The summed E-state index contributed by atoms with van der Waals surface area (Å²) in [4.78, 5) is 10.5. The van der Waals surface area contributed by atoms with Gasteiger partial charge in [0.15, 0.2) is 11.5 Å². The lowest BCUT2D eigenvalue weighted by Crippen LogP contribution is -2.04. The molecular weight excluding hydrogens is 239 g/mol. The molecule has 0 aliphatic carbocycles. The number of aliphatic carboxylic acids is 1. The molecule has 0 amide bonds. The van der Waals surface area contributed by atoms with E-state index >= 15 is 0 Å². The van der Waals surface area contributed by atoms with Gasteiger partial charge in [-0.05, 0) is 6.07 Å². The number of carboxylic acid groups (broad SMARTS) is 1. The van der Waals surface area contributed by atoms with E-state index in [4.69, 9.17) is 26.2 Å². The molecule has 0 aliphatic heterocycles. The summed E-state index contributed by atoms with van der Waals surface area (Å²) in [5, 5.41) is 8.31. The van der Waals surface area contributed by atoms with Crippen molar-refractivity contribution in [2.75, 3.05) is 14.2 Å². The van der Waals surface area contributed by atoms with E-state index in [1.807, 2.05) is 0 Å². The number of hydrogen-bond acceptors (Lipinski definition) is 3. The molecule has 0 atom stereocenters. The summed E-state index contributed by atoms with van der Waals surface area (Å²) < 4.78 is 23.4. The fourth-order valence-corrected chi connectivity index (χ4v) is 1.56. The van der Waals surface area contributed by atoms with Gasteiger partial charge in [-0.15, -0.1) is 0 Å². The highest BCUT2D eigenvalue weighted by Gasteiger charge is 2.19. The zero-order valence-corrected chi connectivity index (χ0v) is 9.47. The van der Waals surface area contributed by atoms with Crippen LogP contribution in [0.3, 0.4) is 0 Å². The molecular formula is C10H10ClFO4. The molecule has 1 aromatic carbocycles. The second-order valence-corrected chi connectivity index (χ2v) is 3.35. The molecule has 6 heteroatoms. The third-order valence-electron chi connectivity index (χ3n) is 1.97. The van der Waals surface area contributed by atoms with Gasteiger partial charge in [0.2, 0.25) is 0 Å². The van der Waals surface area contributed by atoms with Gasteiger partial charge < -0.3 is 14.6 Å². The van der Waals surface area contributed by atoms with Crippen LogP contribution in [0.2, 0.25) is 5.02 Å². The second-order valence-electron chi connectivity index (χ2n) is 2.97. The van der Waals surface area contributed by atoms with E-state index in [1.54, 1.807) is 0 Å². The van der Waals surface area contributed by atoms with Gasteiger partial charge in [0.05, 0.1) is 20.6 Å². The lowest BCUT2D eigenvalue weighted by molar-refractivity contribution is -0.136. The minimum Gasteiger partial charge on any atom is -0.493 e. The molecule has 4 nitrogen and oxygen atoms in total. The summed E-state index contributed by atoms with van der Waals surface area (Å²) in [7, 11) is 2.68. The fraction of sp³-hybridized carbons (Fsp3) is 0.300. The molecule has 1 N–H and O–H groups in total. The molecule has 0 fully saturated rings. The van der Waals surface area contributed by atoms with Crippen LogP contribution in [0.25, 0.3) is 0 Å². The van der Waals surface area contributed by atoms with Crippen molar-refractivity contribution in [2.24, 2.45) is 0 Å². The number of halogens is 2. The number of carbonyl (C=O) groups is 1. The zero-order chi connectivity index (χ0) is 12.3. The monoisotopic (exact) mass is 248 g/mol. The van der Waals surface area contributed by atoms with Crippen LogP contribution in [0.4, 0.5) is 4.39 Å². The highest BCUT2D eigenvalue weighted by molar-refractivity contribution is 6.32. The van der Waals surface area contributed by atoms with Crippen molar-refractivity contribution >= 4 is 17.6 Å². The van der Waals surface area contributed by atoms with Gasteiger partial charge in [-0.25, -0.2) is 4.39 Å². The topological polar surface area (TPSA) is 55.8 Å². The van der Waals surface area contributed by atoms with Gasteiger partial charge in [0.25, 0.3) is 0 Å². The van der Waals surface area contributed by atoms with Gasteiger partial charge >= 0.3 is 5.97 Å². The second kappa shape index (κ2) is 5.03. The zero-order valence-electron chi connectivity index (χ0n) is 8.71. The van der Waals surface area contributed by atoms with Crippen molar-refractivity contribution in [3.63, 3.8) is 0 Å². The minimum atomic E-state index is -1.15. The molecule has 0 saturated heterocycles. The molecule has 16 heavy (non-hydrogen) atoms. The molecule has 0 aliphatic rings. The maximum absolute atomic E-state index is 13.6. The largest absolute Gasteiger partial charge is 0.493 e. The van der Waals surface area contributed by atoms with E-state index in [0.29, 0.717) is 0 Å². The summed E-state index contributed by atoms with van der Waals surface area (Å²) in [6.07, 6.45) is -0.466. The lowest BCUT2D eigenvalue weighted by atomic mass is 10.1. The van der Waals surface area contributed by atoms with E-state index in [1.165, 1.54) is 20.3 Å². The Kier molecular flexibility index (Phi) is 3.95. The van der Waals surface area contributed by atoms with Gasteiger partial charge in [-0.2, -0.15) is 0 Å². The van der Waals surface area contributed by atoms with Crippen LogP contribution < -0.4 is 9.47 Å². The van der Waals surface area contributed by atoms with E-state index in [0.717, 1.165) is 0 Å². The summed E-state index contributed by atoms with van der Waals surface area (Å²) in [5.74, 6) is -1.70. The number of carboxylic acids is 1. The van der Waals surface area contributed by atoms with Crippen LogP contribution in [0, 0.1) is 5.82 Å². The van der Waals surface area contributed by atoms with Gasteiger partial charge in [0, 0.05) is 5.56 Å². The van der Waals surface area contributed by atoms with Gasteiger partial charge in [-0.1, -0.05) is 11.6 Å². The Labute approximate surface area is 96.5 Å². The molecule has 0 heterocycles. The first-order chi connectivity index (χ1) is 7.51. The van der Waals surface area contributed by atoms with Gasteiger partial charge in [0.1, 0.15) is 10.8 Å². The Bertz CT molecular complexity index is 420. The molecule has 0 bridgehead atoms. The Morgan fingerprint density at radius 1 is 1.50 bits per heavy atom. The minimum absolute atomic E-state index is 0.0462. The number of benzene rings is 1. The molecule has 0 spiro atoms. The van der Waals surface area contributed by atoms with E-state index in [2.05, 4.69) is 0 Å². The molecule has 0 radical (unpaired) electrons. The van der Waals surface area contributed by atoms with Crippen molar-refractivity contribution in [1.82, 2.24) is 0 Å². The average molecular weight is 249 g/mol. The first-order valence-corrected chi connectivity index (χ1v) is 4.69. The Balaban J connectivity index is 3.32. The fourth-order valence-electron chi connectivity index (χ4n) is 1.27. The molecule has 0 aromatic heterocycles. The maximum atomic E-state index is 13.6. The van der Waals surface area contributed by atoms with Gasteiger partial charge in [-0.3, -0.25) is 4.79 Å². The first kappa shape index (κ1) is 12.6. The maximum Gasteiger partial charge on any atom is 0.307 e. The van der Waals surface area contributed by atoms with Crippen LogP contribution in [0.15, 0.2) is 6.07 Å². The summed E-state index contributed by atoms with van der Waals surface area (Å²) >= 11 is 5.69. The predicted octanol–water partition coefficient (Wildman–Crippen LogP) is 2.12. The number of rotatable bonds is 4. The molecule has 1 rings (SSSR count). The highest BCUT2D eigenvalue weighted by Crippen LogP contribution is 2.38. The van der Waals surface area contributed by atoms with Crippen molar-refractivity contribution in [3.05, 3.63) is 22.5 Å². The van der Waals surface area contributed by atoms with Crippen LogP contribution in [-0.2, 0) is 11.2 Å². The third kappa shape index (κ3) is 2.36. The van der Waals surface area contributed by atoms with Crippen molar-refractivity contribution in [3.8, 4) is 11.5 Å². The number of methoxy groups -OCH3 is 2. The summed E-state index contributed by atoms with van der Waals surface area (Å²) in [5.41, 5.74) is -0.0462. The van der Waals surface area contributed by atoms with Crippen LogP contribution in [-0.4, -0.2) is 25.3 Å². The van der Waals surface area contributed by atoms with Crippen molar-refractivity contribution in [2.45, 2.75) is 6.42 Å². The highest BCUT2D eigenvalue weighted by atomic mass is 35.5. The van der Waals surface area contributed by atoms with Crippen LogP contribution in [0.1, 0.15) is 5.56 Å². The normalized spacial score (nSPS) is 10.0. The lowest BCUT2D eigenvalue weighted by Gasteiger charge is -2.12. The van der Waals surface area contributed by atoms with E-state index < -0.39 is 18.2 Å². The standard InChI is InChI=1S/C10H10ClFO4/c1-15-6-3-5(4-7(13)14)9(12)8(11)10(6)16-2/h3H,4H2,1-2H3,(H,13,14). The average Bonchev–Trinajstić information content (AvgIpc) is 2.24. The van der Waals surface area contributed by atoms with Crippen LogP contribution in [0.5, 0.6) is 11.5 Å². The number of ether oxygens (including phenoxy) is 2. The first-order valence-electron chi connectivity index (χ1n) is 4.31. The molecule has 0 unspecified atom stereocenters. The van der Waals surface area contributed by atoms with Crippen molar-refractivity contribution in [1.29, 1.82) is 0 Å². The number of hydrogen-bond donors (Lipinski definition) is 1. The smallest absolute Gasteiger partial charge is 0.307 e. The van der Waals surface area contributed by atoms with E-state index in [9.17, 15) is 9.18 Å². The predicted molar refractivity (Wildman–Crippen MR) is 55.9 cm³/mol.